The highest BCUT2D eigenvalue weighted by Crippen LogP contribution is 2.13. The molecule has 0 saturated carbocycles. The highest BCUT2D eigenvalue weighted by molar-refractivity contribution is 7.86. The van der Waals surface area contributed by atoms with Gasteiger partial charge in [0.25, 0.3) is 10.1 Å². The fourth-order valence-corrected chi connectivity index (χ4v) is 2.84. The zero-order valence-corrected chi connectivity index (χ0v) is 12.7. The number of rotatable bonds is 6. The molecule has 5 heteroatoms. The zero-order valence-electron chi connectivity index (χ0n) is 11.9. The molecule has 0 heterocycles. The Morgan fingerprint density at radius 2 is 1.81 bits per heavy atom. The van der Waals surface area contributed by atoms with E-state index >= 15 is 0 Å². The van der Waals surface area contributed by atoms with Crippen LogP contribution in [-0.4, -0.2) is 24.8 Å². The average Bonchev–Trinajstić information content (AvgIpc) is 2.43. The fourth-order valence-electron chi connectivity index (χ4n) is 2.15. The van der Waals surface area contributed by atoms with E-state index in [0.29, 0.717) is 0 Å². The molecule has 0 fully saturated rings. The predicted octanol–water partition coefficient (Wildman–Crippen LogP) is 2.91. The maximum atomic E-state index is 11.5. The van der Waals surface area contributed by atoms with Crippen LogP contribution in [0.2, 0.25) is 0 Å². The summed E-state index contributed by atoms with van der Waals surface area (Å²) in [6.07, 6.45) is 0.276. The third-order valence-corrected chi connectivity index (χ3v) is 4.46. The third-order valence-electron chi connectivity index (χ3n) is 3.28. The first-order valence-electron chi connectivity index (χ1n) is 6.76. The van der Waals surface area contributed by atoms with Gasteiger partial charge in [0.1, 0.15) is 5.25 Å². The van der Waals surface area contributed by atoms with Crippen molar-refractivity contribution < 1.29 is 13.0 Å². The van der Waals surface area contributed by atoms with Crippen LogP contribution in [0.15, 0.2) is 54.6 Å². The molecule has 0 aromatic heterocycles. The molecule has 0 aliphatic rings. The Morgan fingerprint density at radius 3 is 2.43 bits per heavy atom. The highest BCUT2D eigenvalue weighted by Gasteiger charge is 2.23. The number of benzene rings is 2. The van der Waals surface area contributed by atoms with E-state index in [1.54, 1.807) is 0 Å². The lowest BCUT2D eigenvalue weighted by molar-refractivity contribution is 0.467. The summed E-state index contributed by atoms with van der Waals surface area (Å²) in [6, 6.07) is 17.0. The largest absolute Gasteiger partial charge is 0.384 e. The molecular weight excluding hydrogens is 286 g/mol. The molecule has 0 amide bonds. The topological polar surface area (TPSA) is 66.4 Å². The van der Waals surface area contributed by atoms with Gasteiger partial charge in [0.2, 0.25) is 0 Å². The van der Waals surface area contributed by atoms with E-state index in [1.165, 1.54) is 0 Å². The quantitative estimate of drug-likeness (QED) is 0.805. The van der Waals surface area contributed by atoms with Crippen molar-refractivity contribution >= 4 is 15.8 Å². The number of hydrogen-bond donors (Lipinski definition) is 2. The molecule has 2 rings (SSSR count). The Labute approximate surface area is 125 Å². The highest BCUT2D eigenvalue weighted by atomic mass is 32.2. The molecule has 0 radical (unpaired) electrons. The van der Waals surface area contributed by atoms with Gasteiger partial charge in [-0.25, -0.2) is 0 Å². The number of nitrogens with one attached hydrogen (secondary N) is 1. The molecular formula is C16H19NO3S. The van der Waals surface area contributed by atoms with Crippen LogP contribution >= 0.6 is 0 Å². The fraction of sp³-hybridized carbons (Fsp3) is 0.250. The average molecular weight is 305 g/mol. The van der Waals surface area contributed by atoms with E-state index in [1.807, 2.05) is 61.5 Å². The van der Waals surface area contributed by atoms with Crippen LogP contribution in [0, 0.1) is 6.92 Å². The molecule has 21 heavy (non-hydrogen) atoms. The third kappa shape index (κ3) is 4.88. The number of anilines is 1. The molecule has 2 aromatic rings. The van der Waals surface area contributed by atoms with Gasteiger partial charge >= 0.3 is 0 Å². The number of hydrogen-bond acceptors (Lipinski definition) is 3. The maximum Gasteiger partial charge on any atom is 0.269 e. The molecule has 0 aliphatic carbocycles. The van der Waals surface area contributed by atoms with Gasteiger partial charge in [-0.1, -0.05) is 42.5 Å². The lowest BCUT2D eigenvalue weighted by atomic mass is 10.1. The van der Waals surface area contributed by atoms with E-state index in [0.717, 1.165) is 16.8 Å². The Balaban J connectivity index is 2.07. The normalized spacial score (nSPS) is 12.9. The monoisotopic (exact) mass is 305 g/mol. The van der Waals surface area contributed by atoms with Crippen LogP contribution in [0.25, 0.3) is 0 Å². The second kappa shape index (κ2) is 6.74. The molecule has 4 nitrogen and oxygen atoms in total. The summed E-state index contributed by atoms with van der Waals surface area (Å²) in [7, 11) is -4.11. The summed E-state index contributed by atoms with van der Waals surface area (Å²) in [6.45, 7) is 2.13. The second-order valence-electron chi connectivity index (χ2n) is 5.08. The van der Waals surface area contributed by atoms with Crippen LogP contribution in [0.1, 0.15) is 11.1 Å². The molecule has 112 valence electrons. The maximum absolute atomic E-state index is 11.5. The van der Waals surface area contributed by atoms with E-state index < -0.39 is 15.4 Å². The van der Waals surface area contributed by atoms with Crippen molar-refractivity contribution in [1.82, 2.24) is 0 Å². The minimum Gasteiger partial charge on any atom is -0.384 e. The van der Waals surface area contributed by atoms with Gasteiger partial charge in [0.05, 0.1) is 0 Å². The van der Waals surface area contributed by atoms with Gasteiger partial charge in [0, 0.05) is 12.2 Å². The van der Waals surface area contributed by atoms with Crippen LogP contribution in [-0.2, 0) is 16.5 Å². The standard InChI is InChI=1S/C16H19NO3S/c1-13-6-5-9-15(10-13)17-12-16(21(18,19)20)11-14-7-3-2-4-8-14/h2-10,16-17H,11-12H2,1H3,(H,18,19,20). The van der Waals surface area contributed by atoms with Gasteiger partial charge in [-0.15, -0.1) is 0 Å². The van der Waals surface area contributed by atoms with Crippen LogP contribution in [0.4, 0.5) is 5.69 Å². The van der Waals surface area contributed by atoms with E-state index in [2.05, 4.69) is 5.32 Å². The lowest BCUT2D eigenvalue weighted by Gasteiger charge is -2.16. The minimum atomic E-state index is -4.11. The predicted molar refractivity (Wildman–Crippen MR) is 85.2 cm³/mol. The molecule has 0 aliphatic heterocycles. The van der Waals surface area contributed by atoms with Gasteiger partial charge in [-0.2, -0.15) is 8.42 Å². The molecule has 2 aromatic carbocycles. The van der Waals surface area contributed by atoms with Gasteiger partial charge in [-0.05, 0) is 36.6 Å². The molecule has 0 saturated heterocycles. The molecule has 0 spiro atoms. The van der Waals surface area contributed by atoms with Crippen molar-refractivity contribution in [3.63, 3.8) is 0 Å². The first kappa shape index (κ1) is 15.5. The van der Waals surface area contributed by atoms with Crippen molar-refractivity contribution in [2.75, 3.05) is 11.9 Å². The van der Waals surface area contributed by atoms with Gasteiger partial charge < -0.3 is 5.32 Å². The van der Waals surface area contributed by atoms with Crippen molar-refractivity contribution in [2.45, 2.75) is 18.6 Å². The van der Waals surface area contributed by atoms with E-state index in [-0.39, 0.29) is 13.0 Å². The summed E-state index contributed by atoms with van der Waals surface area (Å²) in [5.74, 6) is 0. The molecule has 1 atom stereocenters. The number of aryl methyl sites for hydroxylation is 1. The van der Waals surface area contributed by atoms with Crippen molar-refractivity contribution in [3.05, 3.63) is 65.7 Å². The van der Waals surface area contributed by atoms with Gasteiger partial charge in [-0.3, -0.25) is 4.55 Å². The summed E-state index contributed by atoms with van der Waals surface area (Å²) >= 11 is 0. The second-order valence-corrected chi connectivity index (χ2v) is 6.77. The Bertz CT molecular complexity index is 684. The summed E-state index contributed by atoms with van der Waals surface area (Å²) < 4.78 is 32.5. The SMILES string of the molecule is Cc1cccc(NCC(Cc2ccccc2)S(=O)(=O)O)c1. The molecule has 1 unspecified atom stereocenters. The van der Waals surface area contributed by atoms with E-state index in [9.17, 15) is 13.0 Å². The lowest BCUT2D eigenvalue weighted by Crippen LogP contribution is -2.30. The Hall–Kier alpha value is -1.85. The first-order chi connectivity index (χ1) is 9.95. The minimum absolute atomic E-state index is 0.164. The van der Waals surface area contributed by atoms with Crippen LogP contribution in [0.3, 0.4) is 0 Å². The van der Waals surface area contributed by atoms with E-state index in [4.69, 9.17) is 0 Å². The Morgan fingerprint density at radius 1 is 1.10 bits per heavy atom. The molecule has 2 N–H and O–H groups in total. The van der Waals surface area contributed by atoms with Gasteiger partial charge in [0.15, 0.2) is 0 Å². The Kier molecular flexibility index (Phi) is 4.98. The smallest absolute Gasteiger partial charge is 0.269 e. The van der Waals surface area contributed by atoms with Crippen LogP contribution in [0.5, 0.6) is 0 Å². The summed E-state index contributed by atoms with van der Waals surface area (Å²) in [4.78, 5) is 0. The summed E-state index contributed by atoms with van der Waals surface area (Å²) in [5.41, 5.74) is 2.81. The van der Waals surface area contributed by atoms with Crippen molar-refractivity contribution in [2.24, 2.45) is 0 Å². The van der Waals surface area contributed by atoms with Crippen molar-refractivity contribution in [1.29, 1.82) is 0 Å². The first-order valence-corrected chi connectivity index (χ1v) is 8.26. The molecule has 0 bridgehead atoms. The van der Waals surface area contributed by atoms with Crippen molar-refractivity contribution in [3.8, 4) is 0 Å². The summed E-state index contributed by atoms with van der Waals surface area (Å²) in [5, 5.41) is 2.20. The van der Waals surface area contributed by atoms with Crippen LogP contribution < -0.4 is 5.32 Å². The zero-order chi connectivity index (χ0) is 15.3.